The molecule has 9 heteroatoms. The Morgan fingerprint density at radius 1 is 1.06 bits per heavy atom. The van der Waals surface area contributed by atoms with E-state index >= 15 is 0 Å². The molecule has 1 aromatic heterocycles. The Bertz CT molecular complexity index is 1220. The molecule has 0 spiro atoms. The number of hydrogen-bond acceptors (Lipinski definition) is 5. The maximum atomic E-state index is 12.5. The van der Waals surface area contributed by atoms with Crippen LogP contribution in [0.1, 0.15) is 23.2 Å². The number of rotatable bonds is 6. The van der Waals surface area contributed by atoms with Gasteiger partial charge in [-0.15, -0.1) is 0 Å². The van der Waals surface area contributed by atoms with Gasteiger partial charge in [0.15, 0.2) is 0 Å². The fourth-order valence-electron chi connectivity index (χ4n) is 3.46. The second-order valence-electron chi connectivity index (χ2n) is 7.21. The predicted molar refractivity (Wildman–Crippen MR) is 115 cm³/mol. The molecule has 1 unspecified atom stereocenters. The lowest BCUT2D eigenvalue weighted by Gasteiger charge is -2.14. The van der Waals surface area contributed by atoms with Crippen LogP contribution in [-0.2, 0) is 16.1 Å². The zero-order valence-corrected chi connectivity index (χ0v) is 16.6. The number of nitrogens with zero attached hydrogens (tertiary/aromatic N) is 2. The fourth-order valence-corrected chi connectivity index (χ4v) is 3.46. The van der Waals surface area contributed by atoms with Crippen LogP contribution in [0.4, 0.5) is 5.69 Å². The molecule has 0 saturated heterocycles. The topological polar surface area (TPSA) is 122 Å². The molecule has 1 aliphatic rings. The summed E-state index contributed by atoms with van der Waals surface area (Å²) in [6.45, 7) is 0.520. The lowest BCUT2D eigenvalue weighted by Crippen LogP contribution is -2.42. The van der Waals surface area contributed by atoms with Crippen molar-refractivity contribution in [3.8, 4) is 0 Å². The standard InChI is InChI=1S/C22H21N5O4/c28-19(23-11-12-27-13-24-16-7-3-2-6-15(16)22(27)31)10-9-18-21(30)25-17-8-4-1-5-14(17)20(29)26-18/h1-8,13,18H,9-12H2,(H,23,28)(H,25,30)(H,26,29). The van der Waals surface area contributed by atoms with Crippen LogP contribution >= 0.6 is 0 Å². The zero-order chi connectivity index (χ0) is 21.8. The minimum atomic E-state index is -0.807. The molecule has 9 nitrogen and oxygen atoms in total. The van der Waals surface area contributed by atoms with Gasteiger partial charge in [-0.25, -0.2) is 4.98 Å². The highest BCUT2D eigenvalue weighted by Gasteiger charge is 2.27. The van der Waals surface area contributed by atoms with Gasteiger partial charge in [-0.2, -0.15) is 0 Å². The molecule has 4 rings (SSSR count). The van der Waals surface area contributed by atoms with Crippen LogP contribution in [0.3, 0.4) is 0 Å². The van der Waals surface area contributed by atoms with Gasteiger partial charge >= 0.3 is 0 Å². The minimum absolute atomic E-state index is 0.0551. The Labute approximate surface area is 177 Å². The molecule has 1 atom stereocenters. The number of nitrogens with one attached hydrogen (secondary N) is 3. The van der Waals surface area contributed by atoms with Crippen molar-refractivity contribution >= 4 is 34.3 Å². The lowest BCUT2D eigenvalue weighted by atomic mass is 10.1. The molecular weight excluding hydrogens is 398 g/mol. The third kappa shape index (κ3) is 4.45. The second kappa shape index (κ2) is 8.78. The van der Waals surface area contributed by atoms with Crippen LogP contribution in [0, 0.1) is 0 Å². The summed E-state index contributed by atoms with van der Waals surface area (Å²) >= 11 is 0. The third-order valence-electron chi connectivity index (χ3n) is 5.12. The first-order chi connectivity index (χ1) is 15.0. The molecule has 0 radical (unpaired) electrons. The highest BCUT2D eigenvalue weighted by molar-refractivity contribution is 6.09. The third-order valence-corrected chi connectivity index (χ3v) is 5.12. The summed E-state index contributed by atoms with van der Waals surface area (Å²) in [4.78, 5) is 53.6. The summed E-state index contributed by atoms with van der Waals surface area (Å²) in [5.74, 6) is -0.993. The molecule has 1 aliphatic heterocycles. The van der Waals surface area contributed by atoms with E-state index in [9.17, 15) is 19.2 Å². The van der Waals surface area contributed by atoms with Crippen LogP contribution in [0.25, 0.3) is 10.9 Å². The van der Waals surface area contributed by atoms with Gasteiger partial charge in [0.25, 0.3) is 11.5 Å². The smallest absolute Gasteiger partial charge is 0.261 e. The molecule has 0 aliphatic carbocycles. The van der Waals surface area contributed by atoms with E-state index in [1.165, 1.54) is 10.9 Å². The number of para-hydroxylation sites is 2. The molecular formula is C22H21N5O4. The van der Waals surface area contributed by atoms with Crippen LogP contribution in [0.2, 0.25) is 0 Å². The first-order valence-electron chi connectivity index (χ1n) is 9.94. The highest BCUT2D eigenvalue weighted by atomic mass is 16.2. The Hall–Kier alpha value is -4.01. The summed E-state index contributed by atoms with van der Waals surface area (Å²) < 4.78 is 1.44. The van der Waals surface area contributed by atoms with Gasteiger partial charge in [-0.1, -0.05) is 24.3 Å². The van der Waals surface area contributed by atoms with E-state index in [0.717, 1.165) is 0 Å². The van der Waals surface area contributed by atoms with Gasteiger partial charge in [0.2, 0.25) is 11.8 Å². The number of benzene rings is 2. The number of carbonyl (C=O) groups is 3. The molecule has 3 N–H and O–H groups in total. The van der Waals surface area contributed by atoms with Crippen LogP contribution in [0.5, 0.6) is 0 Å². The number of carbonyl (C=O) groups excluding carboxylic acids is 3. The van der Waals surface area contributed by atoms with Crippen molar-refractivity contribution in [3.05, 3.63) is 70.8 Å². The van der Waals surface area contributed by atoms with Crippen LogP contribution < -0.4 is 21.5 Å². The molecule has 2 heterocycles. The summed E-state index contributed by atoms with van der Waals surface area (Å²) in [5.41, 5.74) is 1.29. The van der Waals surface area contributed by atoms with E-state index in [0.29, 0.717) is 22.2 Å². The highest BCUT2D eigenvalue weighted by Crippen LogP contribution is 2.19. The van der Waals surface area contributed by atoms with Crippen LogP contribution in [0.15, 0.2) is 59.7 Å². The first-order valence-corrected chi connectivity index (χ1v) is 9.94. The Balaban J connectivity index is 1.29. The minimum Gasteiger partial charge on any atom is -0.354 e. The average Bonchev–Trinajstić information content (AvgIpc) is 2.90. The Morgan fingerprint density at radius 3 is 2.71 bits per heavy atom. The van der Waals surface area contributed by atoms with Gasteiger partial charge in [0.1, 0.15) is 6.04 Å². The largest absolute Gasteiger partial charge is 0.354 e. The Kier molecular flexibility index (Phi) is 5.74. The number of fused-ring (bicyclic) bond motifs is 2. The normalized spacial score (nSPS) is 15.5. The van der Waals surface area contributed by atoms with Gasteiger partial charge < -0.3 is 16.0 Å². The molecule has 158 valence electrons. The molecule has 0 saturated carbocycles. The van der Waals surface area contributed by atoms with Crippen molar-refractivity contribution in [2.45, 2.75) is 25.4 Å². The van der Waals surface area contributed by atoms with Crippen molar-refractivity contribution in [1.82, 2.24) is 20.2 Å². The number of amides is 3. The number of hydrogen-bond donors (Lipinski definition) is 3. The van der Waals surface area contributed by atoms with Crippen molar-refractivity contribution in [2.24, 2.45) is 0 Å². The summed E-state index contributed by atoms with van der Waals surface area (Å²) in [7, 11) is 0. The van der Waals surface area contributed by atoms with E-state index in [-0.39, 0.29) is 49.2 Å². The Morgan fingerprint density at radius 2 is 1.84 bits per heavy atom. The van der Waals surface area contributed by atoms with Gasteiger partial charge in [-0.3, -0.25) is 23.7 Å². The SMILES string of the molecule is O=C(CCC1NC(=O)c2ccccc2NC1=O)NCCn1cnc2ccccc2c1=O. The molecule has 3 aromatic rings. The summed E-state index contributed by atoms with van der Waals surface area (Å²) in [5, 5.41) is 8.63. The zero-order valence-electron chi connectivity index (χ0n) is 16.6. The summed E-state index contributed by atoms with van der Waals surface area (Å²) in [6.07, 6.45) is 1.67. The van der Waals surface area contributed by atoms with E-state index in [2.05, 4.69) is 20.9 Å². The van der Waals surface area contributed by atoms with Crippen molar-refractivity contribution in [1.29, 1.82) is 0 Å². The summed E-state index contributed by atoms with van der Waals surface area (Å²) in [6, 6.07) is 13.0. The molecule has 31 heavy (non-hydrogen) atoms. The average molecular weight is 419 g/mol. The van der Waals surface area contributed by atoms with E-state index < -0.39 is 6.04 Å². The number of anilines is 1. The second-order valence-corrected chi connectivity index (χ2v) is 7.21. The molecule has 0 fully saturated rings. The maximum Gasteiger partial charge on any atom is 0.261 e. The molecule has 2 aromatic carbocycles. The van der Waals surface area contributed by atoms with Crippen molar-refractivity contribution in [3.63, 3.8) is 0 Å². The maximum absolute atomic E-state index is 12.5. The van der Waals surface area contributed by atoms with Gasteiger partial charge in [-0.05, 0) is 30.7 Å². The monoisotopic (exact) mass is 419 g/mol. The van der Waals surface area contributed by atoms with E-state index in [4.69, 9.17) is 0 Å². The quantitative estimate of drug-likeness (QED) is 0.551. The van der Waals surface area contributed by atoms with Crippen molar-refractivity contribution in [2.75, 3.05) is 11.9 Å². The fraction of sp³-hybridized carbons (Fsp3) is 0.227. The van der Waals surface area contributed by atoms with Crippen LogP contribution in [-0.4, -0.2) is 39.9 Å². The first kappa shape index (κ1) is 20.3. The number of aromatic nitrogens is 2. The van der Waals surface area contributed by atoms with Gasteiger partial charge in [0.05, 0.1) is 28.5 Å². The molecule has 0 bridgehead atoms. The van der Waals surface area contributed by atoms with Gasteiger partial charge in [0, 0.05) is 19.5 Å². The van der Waals surface area contributed by atoms with E-state index in [1.54, 1.807) is 42.5 Å². The van der Waals surface area contributed by atoms with E-state index in [1.807, 2.05) is 6.07 Å². The van der Waals surface area contributed by atoms with Crippen molar-refractivity contribution < 1.29 is 14.4 Å². The predicted octanol–water partition coefficient (Wildman–Crippen LogP) is 1.04. The molecule has 3 amide bonds. The lowest BCUT2D eigenvalue weighted by molar-refractivity contribution is -0.121.